The quantitative estimate of drug-likeness (QED) is 0.215. The summed E-state index contributed by atoms with van der Waals surface area (Å²) in [6.07, 6.45) is 1.75. The molecule has 1 aromatic heterocycles. The summed E-state index contributed by atoms with van der Waals surface area (Å²) in [7, 11) is 0. The zero-order valence-corrected chi connectivity index (χ0v) is 22.3. The molecule has 1 saturated heterocycles. The Morgan fingerprint density at radius 3 is 2.34 bits per heavy atom. The molecule has 192 valence electrons. The van der Waals surface area contributed by atoms with Crippen molar-refractivity contribution in [2.45, 2.75) is 33.9 Å². The van der Waals surface area contributed by atoms with E-state index in [-0.39, 0.29) is 18.1 Å². The number of hydrogen-bond donors (Lipinski definition) is 1. The highest BCUT2D eigenvalue weighted by Gasteiger charge is 2.33. The minimum atomic E-state index is -0.411. The minimum Gasteiger partial charge on any atom is -0.489 e. The number of urea groups is 1. The SMILES string of the molecule is Cc1cccc(CN2C(=O)N/C(=C/c3cc(C)n(-c4ccc(OCc5ccc(Cl)cc5)cc4)c3C)C2=O)c1. The van der Waals surface area contributed by atoms with Gasteiger partial charge in [0.15, 0.2) is 0 Å². The van der Waals surface area contributed by atoms with Gasteiger partial charge in [-0.3, -0.25) is 9.69 Å². The lowest BCUT2D eigenvalue weighted by Gasteiger charge is -2.12. The monoisotopic (exact) mass is 525 g/mol. The Balaban J connectivity index is 1.31. The molecule has 0 bridgehead atoms. The summed E-state index contributed by atoms with van der Waals surface area (Å²) in [5.41, 5.74) is 7.13. The largest absolute Gasteiger partial charge is 0.489 e. The van der Waals surface area contributed by atoms with Crippen LogP contribution in [0.2, 0.25) is 5.02 Å². The Hall–Kier alpha value is -4.29. The van der Waals surface area contributed by atoms with Crippen LogP contribution in [0.5, 0.6) is 5.75 Å². The lowest BCUT2D eigenvalue weighted by molar-refractivity contribution is -0.123. The van der Waals surface area contributed by atoms with Crippen LogP contribution in [0.15, 0.2) is 84.6 Å². The molecule has 0 saturated carbocycles. The number of rotatable bonds is 7. The van der Waals surface area contributed by atoms with E-state index in [1.165, 1.54) is 4.90 Å². The first-order valence-corrected chi connectivity index (χ1v) is 12.7. The summed E-state index contributed by atoms with van der Waals surface area (Å²) in [4.78, 5) is 26.9. The highest BCUT2D eigenvalue weighted by Crippen LogP contribution is 2.26. The maximum absolute atomic E-state index is 13.0. The predicted octanol–water partition coefficient (Wildman–Crippen LogP) is 6.73. The molecule has 3 amide bonds. The highest BCUT2D eigenvalue weighted by molar-refractivity contribution is 6.30. The Kier molecular flexibility index (Phi) is 7.07. The van der Waals surface area contributed by atoms with Gasteiger partial charge in [-0.1, -0.05) is 53.6 Å². The number of benzene rings is 3. The summed E-state index contributed by atoms with van der Waals surface area (Å²) in [5.74, 6) is 0.435. The van der Waals surface area contributed by atoms with Gasteiger partial charge in [-0.25, -0.2) is 4.79 Å². The molecule has 38 heavy (non-hydrogen) atoms. The molecular weight excluding hydrogens is 498 g/mol. The molecular formula is C31H28ClN3O3. The standard InChI is InChI=1S/C31H28ClN3O3/c1-20-5-4-6-24(15-20)18-34-30(36)29(33-31(34)37)17-25-16-21(2)35(22(25)3)27-11-13-28(14-12-27)38-19-23-7-9-26(32)10-8-23/h4-17H,18-19H2,1-3H3,(H,33,37)/b29-17+. The van der Waals surface area contributed by atoms with E-state index in [1.54, 1.807) is 6.08 Å². The van der Waals surface area contributed by atoms with Crippen molar-refractivity contribution in [1.82, 2.24) is 14.8 Å². The maximum atomic E-state index is 13.0. The average molecular weight is 526 g/mol. The number of nitrogens with one attached hydrogen (secondary N) is 1. The second kappa shape index (κ2) is 10.6. The zero-order valence-electron chi connectivity index (χ0n) is 21.5. The zero-order chi connectivity index (χ0) is 26.8. The first-order valence-electron chi connectivity index (χ1n) is 12.4. The second-order valence-corrected chi connectivity index (χ2v) is 9.88. The summed E-state index contributed by atoms with van der Waals surface area (Å²) in [5, 5.41) is 3.44. The van der Waals surface area contributed by atoms with Crippen LogP contribution in [0, 0.1) is 20.8 Å². The molecule has 4 aromatic rings. The topological polar surface area (TPSA) is 63.6 Å². The van der Waals surface area contributed by atoms with E-state index in [2.05, 4.69) is 9.88 Å². The first-order chi connectivity index (χ1) is 18.3. The van der Waals surface area contributed by atoms with Crippen LogP contribution in [0.4, 0.5) is 4.79 Å². The molecule has 0 aliphatic carbocycles. The molecule has 0 unspecified atom stereocenters. The van der Waals surface area contributed by atoms with Crippen LogP contribution in [0.25, 0.3) is 11.8 Å². The van der Waals surface area contributed by atoms with E-state index in [9.17, 15) is 9.59 Å². The Labute approximate surface area is 227 Å². The van der Waals surface area contributed by atoms with Crippen LogP contribution in [-0.2, 0) is 17.9 Å². The van der Waals surface area contributed by atoms with Crippen molar-refractivity contribution in [3.63, 3.8) is 0 Å². The molecule has 0 radical (unpaired) electrons. The lowest BCUT2D eigenvalue weighted by atomic mass is 10.1. The fraction of sp³-hybridized carbons (Fsp3) is 0.161. The Morgan fingerprint density at radius 1 is 0.895 bits per heavy atom. The Morgan fingerprint density at radius 2 is 1.63 bits per heavy atom. The van der Waals surface area contributed by atoms with Crippen LogP contribution >= 0.6 is 11.6 Å². The molecule has 1 aliphatic heterocycles. The van der Waals surface area contributed by atoms with Gasteiger partial charge >= 0.3 is 6.03 Å². The van der Waals surface area contributed by atoms with Gasteiger partial charge in [-0.05, 0) is 86.0 Å². The summed E-state index contributed by atoms with van der Waals surface area (Å²) in [6, 6.07) is 24.9. The smallest absolute Gasteiger partial charge is 0.329 e. The fourth-order valence-corrected chi connectivity index (χ4v) is 4.76. The van der Waals surface area contributed by atoms with Gasteiger partial charge in [-0.15, -0.1) is 0 Å². The predicted molar refractivity (Wildman–Crippen MR) is 149 cm³/mol. The van der Waals surface area contributed by atoms with Gasteiger partial charge in [-0.2, -0.15) is 0 Å². The summed E-state index contributed by atoms with van der Waals surface area (Å²) < 4.78 is 8.03. The van der Waals surface area contributed by atoms with Crippen molar-refractivity contribution < 1.29 is 14.3 Å². The van der Waals surface area contributed by atoms with Gasteiger partial charge in [0.1, 0.15) is 18.1 Å². The van der Waals surface area contributed by atoms with Crippen molar-refractivity contribution in [1.29, 1.82) is 0 Å². The number of imide groups is 1. The van der Waals surface area contributed by atoms with E-state index in [0.29, 0.717) is 11.6 Å². The summed E-state index contributed by atoms with van der Waals surface area (Å²) >= 11 is 5.95. The maximum Gasteiger partial charge on any atom is 0.329 e. The van der Waals surface area contributed by atoms with E-state index in [1.807, 2.05) is 99.6 Å². The van der Waals surface area contributed by atoms with E-state index < -0.39 is 6.03 Å². The number of carbonyl (C=O) groups is 2. The van der Waals surface area contributed by atoms with E-state index in [0.717, 1.165) is 45.1 Å². The molecule has 1 aliphatic rings. The number of ether oxygens (including phenoxy) is 1. The molecule has 2 heterocycles. The van der Waals surface area contributed by atoms with Gasteiger partial charge < -0.3 is 14.6 Å². The van der Waals surface area contributed by atoms with Crippen molar-refractivity contribution in [3.05, 3.63) is 123 Å². The highest BCUT2D eigenvalue weighted by atomic mass is 35.5. The fourth-order valence-electron chi connectivity index (χ4n) is 4.63. The molecule has 1 fully saturated rings. The molecule has 0 atom stereocenters. The number of nitrogens with zero attached hydrogens (tertiary/aromatic N) is 2. The van der Waals surface area contributed by atoms with Crippen molar-refractivity contribution in [3.8, 4) is 11.4 Å². The van der Waals surface area contributed by atoms with Gasteiger partial charge in [0.2, 0.25) is 0 Å². The molecule has 3 aromatic carbocycles. The molecule has 7 heteroatoms. The minimum absolute atomic E-state index is 0.231. The van der Waals surface area contributed by atoms with Crippen LogP contribution in [0.1, 0.15) is 33.6 Å². The molecule has 5 rings (SSSR count). The second-order valence-electron chi connectivity index (χ2n) is 9.44. The Bertz CT molecular complexity index is 1540. The van der Waals surface area contributed by atoms with E-state index in [4.69, 9.17) is 16.3 Å². The van der Waals surface area contributed by atoms with Crippen LogP contribution in [-0.4, -0.2) is 21.4 Å². The number of carbonyl (C=O) groups excluding carboxylic acids is 2. The first kappa shape index (κ1) is 25.4. The normalized spacial score (nSPS) is 14.3. The number of aryl methyl sites for hydroxylation is 2. The number of amides is 3. The lowest BCUT2D eigenvalue weighted by Crippen LogP contribution is -2.30. The summed E-state index contributed by atoms with van der Waals surface area (Å²) in [6.45, 7) is 6.68. The van der Waals surface area contributed by atoms with Gasteiger partial charge in [0.05, 0.1) is 6.54 Å². The number of halogens is 1. The average Bonchev–Trinajstić information content (AvgIpc) is 3.32. The molecule has 6 nitrogen and oxygen atoms in total. The van der Waals surface area contributed by atoms with Gasteiger partial charge in [0, 0.05) is 22.1 Å². The molecule has 0 spiro atoms. The van der Waals surface area contributed by atoms with Crippen LogP contribution in [0.3, 0.4) is 0 Å². The van der Waals surface area contributed by atoms with Crippen molar-refractivity contribution in [2.75, 3.05) is 0 Å². The third kappa shape index (κ3) is 5.36. The van der Waals surface area contributed by atoms with Gasteiger partial charge in [0.25, 0.3) is 5.91 Å². The van der Waals surface area contributed by atoms with E-state index >= 15 is 0 Å². The van der Waals surface area contributed by atoms with Crippen molar-refractivity contribution in [2.24, 2.45) is 0 Å². The van der Waals surface area contributed by atoms with Crippen molar-refractivity contribution >= 4 is 29.6 Å². The third-order valence-electron chi connectivity index (χ3n) is 6.57. The molecule has 1 N–H and O–H groups in total. The van der Waals surface area contributed by atoms with Crippen LogP contribution < -0.4 is 10.1 Å². The third-order valence-corrected chi connectivity index (χ3v) is 6.82. The number of aromatic nitrogens is 1. The number of hydrogen-bond acceptors (Lipinski definition) is 3.